The molecule has 0 aromatic heterocycles. The van der Waals surface area contributed by atoms with Crippen LogP contribution in [-0.2, 0) is 21.2 Å². The summed E-state index contributed by atoms with van der Waals surface area (Å²) in [7, 11) is -1.96. The monoisotopic (exact) mass is 444 g/mol. The summed E-state index contributed by atoms with van der Waals surface area (Å²) in [6.07, 6.45) is 2.43. The van der Waals surface area contributed by atoms with Gasteiger partial charge in [0.1, 0.15) is 5.75 Å². The van der Waals surface area contributed by atoms with E-state index >= 15 is 0 Å². The molecule has 3 rings (SSSR count). The van der Waals surface area contributed by atoms with Crippen molar-refractivity contribution in [2.75, 3.05) is 20.2 Å². The SMILES string of the molecule is COc1ccc(S(=O)(=O)N2CCCC2)cc1CCC(=O)N[C@@H](C)c1ccc(C)c(C)c1. The molecule has 2 aromatic carbocycles. The molecular weight excluding hydrogens is 412 g/mol. The zero-order chi connectivity index (χ0) is 22.6. The number of carbonyl (C=O) groups excluding carboxylic acids is 1. The van der Waals surface area contributed by atoms with Crippen molar-refractivity contribution in [3.8, 4) is 5.75 Å². The van der Waals surface area contributed by atoms with Gasteiger partial charge in [0.15, 0.2) is 0 Å². The number of rotatable bonds is 8. The molecule has 168 valence electrons. The van der Waals surface area contributed by atoms with Gasteiger partial charge >= 0.3 is 0 Å². The van der Waals surface area contributed by atoms with Crippen LogP contribution in [0.1, 0.15) is 54.5 Å². The minimum absolute atomic E-state index is 0.0828. The maximum Gasteiger partial charge on any atom is 0.243 e. The Balaban J connectivity index is 1.68. The second-order valence-electron chi connectivity index (χ2n) is 8.22. The van der Waals surface area contributed by atoms with Crippen molar-refractivity contribution >= 4 is 15.9 Å². The Hall–Kier alpha value is -2.38. The fourth-order valence-electron chi connectivity index (χ4n) is 3.87. The normalized spacial score (nSPS) is 15.6. The quantitative estimate of drug-likeness (QED) is 0.670. The molecule has 0 aliphatic carbocycles. The van der Waals surface area contributed by atoms with Crippen molar-refractivity contribution in [1.82, 2.24) is 9.62 Å². The number of benzene rings is 2. The van der Waals surface area contributed by atoms with Crippen LogP contribution in [0.5, 0.6) is 5.75 Å². The lowest BCUT2D eigenvalue weighted by Gasteiger charge is -2.18. The molecule has 7 heteroatoms. The van der Waals surface area contributed by atoms with E-state index in [1.54, 1.807) is 25.3 Å². The van der Waals surface area contributed by atoms with E-state index in [0.29, 0.717) is 25.3 Å². The molecule has 0 bridgehead atoms. The lowest BCUT2D eigenvalue weighted by atomic mass is 10.0. The van der Waals surface area contributed by atoms with Gasteiger partial charge in [0.2, 0.25) is 15.9 Å². The van der Waals surface area contributed by atoms with E-state index in [-0.39, 0.29) is 23.3 Å². The standard InChI is InChI=1S/C24H32N2O4S/c1-17-7-8-20(15-18(17)2)19(3)25-24(27)12-9-21-16-22(10-11-23(21)30-4)31(28,29)26-13-5-6-14-26/h7-8,10-11,15-16,19H,5-6,9,12-14H2,1-4H3,(H,25,27)/t19-/m0/s1. The molecule has 1 fully saturated rings. The Labute approximate surface area is 185 Å². The summed E-state index contributed by atoms with van der Waals surface area (Å²) in [6.45, 7) is 7.20. The van der Waals surface area contributed by atoms with Crippen LogP contribution in [0.4, 0.5) is 0 Å². The van der Waals surface area contributed by atoms with Crippen molar-refractivity contribution in [2.45, 2.75) is 57.4 Å². The molecule has 1 atom stereocenters. The van der Waals surface area contributed by atoms with E-state index in [1.165, 1.54) is 15.4 Å². The van der Waals surface area contributed by atoms with Crippen LogP contribution < -0.4 is 10.1 Å². The summed E-state index contributed by atoms with van der Waals surface area (Å²) in [5.41, 5.74) is 4.20. The van der Waals surface area contributed by atoms with Crippen molar-refractivity contribution in [2.24, 2.45) is 0 Å². The van der Waals surface area contributed by atoms with Crippen molar-refractivity contribution in [1.29, 1.82) is 0 Å². The lowest BCUT2D eigenvalue weighted by Crippen LogP contribution is -2.28. The molecular formula is C24H32N2O4S. The third-order valence-electron chi connectivity index (χ3n) is 5.98. The Kier molecular flexibility index (Phi) is 7.38. The molecule has 0 saturated carbocycles. The third kappa shape index (κ3) is 5.46. The third-order valence-corrected chi connectivity index (χ3v) is 7.88. The Morgan fingerprint density at radius 1 is 1.10 bits per heavy atom. The predicted octanol–water partition coefficient (Wildman–Crippen LogP) is 3.91. The highest BCUT2D eigenvalue weighted by atomic mass is 32.2. The second kappa shape index (κ2) is 9.83. The number of ether oxygens (including phenoxy) is 1. The van der Waals surface area contributed by atoms with Crippen molar-refractivity contribution in [3.63, 3.8) is 0 Å². The van der Waals surface area contributed by atoms with Gasteiger partial charge in [-0.2, -0.15) is 4.31 Å². The van der Waals surface area contributed by atoms with E-state index in [1.807, 2.05) is 13.0 Å². The van der Waals surface area contributed by atoms with Crippen molar-refractivity contribution < 1.29 is 17.9 Å². The molecule has 0 radical (unpaired) electrons. The van der Waals surface area contributed by atoms with Crippen LogP contribution in [-0.4, -0.2) is 38.8 Å². The Morgan fingerprint density at radius 3 is 2.45 bits per heavy atom. The average Bonchev–Trinajstić information content (AvgIpc) is 3.29. The molecule has 2 aromatic rings. The van der Waals surface area contributed by atoms with Crippen LogP contribution in [0.25, 0.3) is 0 Å². The van der Waals surface area contributed by atoms with Gasteiger partial charge in [-0.1, -0.05) is 18.2 Å². The smallest absolute Gasteiger partial charge is 0.243 e. The number of amides is 1. The van der Waals surface area contributed by atoms with Gasteiger partial charge in [-0.25, -0.2) is 8.42 Å². The highest BCUT2D eigenvalue weighted by Gasteiger charge is 2.27. The van der Waals surface area contributed by atoms with E-state index < -0.39 is 10.0 Å². The number of aryl methyl sites for hydroxylation is 3. The maximum atomic E-state index is 12.9. The first-order valence-corrected chi connectivity index (χ1v) is 12.2. The summed E-state index contributed by atoms with van der Waals surface area (Å²) in [4.78, 5) is 12.8. The number of nitrogens with zero attached hydrogens (tertiary/aromatic N) is 1. The van der Waals surface area contributed by atoms with E-state index in [2.05, 4.69) is 31.3 Å². The number of hydrogen-bond acceptors (Lipinski definition) is 4. The summed E-state index contributed by atoms with van der Waals surface area (Å²) < 4.78 is 32.7. The molecule has 1 heterocycles. The lowest BCUT2D eigenvalue weighted by molar-refractivity contribution is -0.121. The number of nitrogens with one attached hydrogen (secondary N) is 1. The van der Waals surface area contributed by atoms with Gasteiger partial charge in [0, 0.05) is 19.5 Å². The summed E-state index contributed by atoms with van der Waals surface area (Å²) in [5.74, 6) is 0.510. The topological polar surface area (TPSA) is 75.7 Å². The zero-order valence-electron chi connectivity index (χ0n) is 18.8. The summed E-state index contributed by atoms with van der Waals surface area (Å²) >= 11 is 0. The first kappa shape index (κ1) is 23.3. The molecule has 1 amide bonds. The minimum atomic E-state index is -3.51. The van der Waals surface area contributed by atoms with Gasteiger partial charge in [-0.15, -0.1) is 0 Å². The Bertz CT molecular complexity index is 1040. The molecule has 1 N–H and O–H groups in total. The molecule has 1 saturated heterocycles. The van der Waals surface area contributed by atoms with Gasteiger partial charge in [-0.3, -0.25) is 4.79 Å². The molecule has 1 aliphatic heterocycles. The van der Waals surface area contributed by atoms with Crippen LogP contribution in [0.2, 0.25) is 0 Å². The maximum absolute atomic E-state index is 12.9. The summed E-state index contributed by atoms with van der Waals surface area (Å²) in [5, 5.41) is 3.03. The van der Waals surface area contributed by atoms with E-state index in [0.717, 1.165) is 24.0 Å². The predicted molar refractivity (Wildman–Crippen MR) is 122 cm³/mol. The number of carbonyl (C=O) groups is 1. The van der Waals surface area contributed by atoms with Crippen LogP contribution >= 0.6 is 0 Å². The van der Waals surface area contributed by atoms with Crippen LogP contribution in [0.3, 0.4) is 0 Å². The van der Waals surface area contributed by atoms with Gasteiger partial charge < -0.3 is 10.1 Å². The largest absolute Gasteiger partial charge is 0.496 e. The first-order valence-electron chi connectivity index (χ1n) is 10.8. The summed E-state index contributed by atoms with van der Waals surface area (Å²) in [6, 6.07) is 11.0. The fourth-order valence-corrected chi connectivity index (χ4v) is 5.44. The Morgan fingerprint density at radius 2 is 1.81 bits per heavy atom. The highest BCUT2D eigenvalue weighted by molar-refractivity contribution is 7.89. The number of methoxy groups -OCH3 is 1. The van der Waals surface area contributed by atoms with Gasteiger partial charge in [-0.05, 0) is 80.5 Å². The molecule has 1 aliphatic rings. The molecule has 0 unspecified atom stereocenters. The number of hydrogen-bond donors (Lipinski definition) is 1. The van der Waals surface area contributed by atoms with E-state index in [9.17, 15) is 13.2 Å². The average molecular weight is 445 g/mol. The number of sulfonamides is 1. The fraction of sp³-hybridized carbons (Fsp3) is 0.458. The first-order chi connectivity index (χ1) is 14.7. The second-order valence-corrected chi connectivity index (χ2v) is 10.2. The van der Waals surface area contributed by atoms with Crippen LogP contribution in [0, 0.1) is 13.8 Å². The van der Waals surface area contributed by atoms with Gasteiger partial charge in [0.05, 0.1) is 18.0 Å². The highest BCUT2D eigenvalue weighted by Crippen LogP contribution is 2.27. The molecule has 31 heavy (non-hydrogen) atoms. The van der Waals surface area contributed by atoms with E-state index in [4.69, 9.17) is 4.74 Å². The van der Waals surface area contributed by atoms with Crippen molar-refractivity contribution in [3.05, 3.63) is 58.7 Å². The minimum Gasteiger partial charge on any atom is -0.496 e. The molecule has 0 spiro atoms. The zero-order valence-corrected chi connectivity index (χ0v) is 19.6. The van der Waals surface area contributed by atoms with Gasteiger partial charge in [0.25, 0.3) is 0 Å². The molecule has 6 nitrogen and oxygen atoms in total. The van der Waals surface area contributed by atoms with Crippen LogP contribution in [0.15, 0.2) is 41.3 Å².